The Labute approximate surface area is 162 Å². The SMILES string of the molecule is CC(C)CN1CCOC(CNC(=O)c2ccccc2OCC2CCCO2)C1. The van der Waals surface area contributed by atoms with Gasteiger partial charge in [-0.15, -0.1) is 0 Å². The van der Waals surface area contributed by atoms with Crippen LogP contribution in [0.15, 0.2) is 24.3 Å². The first-order valence-corrected chi connectivity index (χ1v) is 10.1. The van der Waals surface area contributed by atoms with E-state index in [2.05, 4.69) is 24.1 Å². The van der Waals surface area contributed by atoms with Gasteiger partial charge in [0.05, 0.1) is 24.4 Å². The molecule has 2 atom stereocenters. The van der Waals surface area contributed by atoms with Crippen molar-refractivity contribution in [2.24, 2.45) is 5.92 Å². The summed E-state index contributed by atoms with van der Waals surface area (Å²) < 4.78 is 17.3. The van der Waals surface area contributed by atoms with E-state index in [-0.39, 0.29) is 18.1 Å². The maximum Gasteiger partial charge on any atom is 0.255 e. The van der Waals surface area contributed by atoms with E-state index in [1.54, 1.807) is 6.07 Å². The van der Waals surface area contributed by atoms with Crippen molar-refractivity contribution in [2.75, 3.05) is 46.0 Å². The highest BCUT2D eigenvalue weighted by molar-refractivity contribution is 5.96. The van der Waals surface area contributed by atoms with Crippen LogP contribution in [-0.4, -0.2) is 69.0 Å². The number of nitrogens with zero attached hydrogens (tertiary/aromatic N) is 1. The Bertz CT molecular complexity index is 602. The molecule has 27 heavy (non-hydrogen) atoms. The van der Waals surface area contributed by atoms with Gasteiger partial charge in [-0.1, -0.05) is 26.0 Å². The van der Waals surface area contributed by atoms with E-state index in [1.807, 2.05) is 18.2 Å². The summed E-state index contributed by atoms with van der Waals surface area (Å²) in [5, 5.41) is 3.01. The van der Waals surface area contributed by atoms with Crippen LogP contribution < -0.4 is 10.1 Å². The first-order chi connectivity index (χ1) is 13.1. The molecule has 1 amide bonds. The lowest BCUT2D eigenvalue weighted by atomic mass is 10.1. The van der Waals surface area contributed by atoms with Crippen LogP contribution >= 0.6 is 0 Å². The Kier molecular flexibility index (Phi) is 7.50. The van der Waals surface area contributed by atoms with Crippen molar-refractivity contribution in [3.05, 3.63) is 29.8 Å². The minimum Gasteiger partial charge on any atom is -0.490 e. The number of amides is 1. The number of nitrogens with one attached hydrogen (secondary N) is 1. The summed E-state index contributed by atoms with van der Waals surface area (Å²) in [5.74, 6) is 1.12. The Hall–Kier alpha value is -1.63. The first kappa shape index (κ1) is 20.1. The Morgan fingerprint density at radius 3 is 2.85 bits per heavy atom. The molecule has 0 spiro atoms. The number of carbonyl (C=O) groups excluding carboxylic acids is 1. The van der Waals surface area contributed by atoms with Gasteiger partial charge in [0.15, 0.2) is 0 Å². The van der Waals surface area contributed by atoms with Gasteiger partial charge in [0.25, 0.3) is 5.91 Å². The number of hydrogen-bond donors (Lipinski definition) is 1. The zero-order valence-corrected chi connectivity index (χ0v) is 16.5. The molecule has 150 valence electrons. The van der Waals surface area contributed by atoms with Crippen LogP contribution in [0, 0.1) is 5.92 Å². The van der Waals surface area contributed by atoms with E-state index >= 15 is 0 Å². The predicted molar refractivity (Wildman–Crippen MR) is 104 cm³/mol. The molecule has 6 nitrogen and oxygen atoms in total. The molecule has 6 heteroatoms. The standard InChI is InChI=1S/C21H32N2O4/c1-16(2)13-23-9-11-26-18(14-23)12-22-21(24)19-7-3-4-8-20(19)27-15-17-6-5-10-25-17/h3-4,7-8,16-18H,5-6,9-15H2,1-2H3,(H,22,24). The van der Waals surface area contributed by atoms with E-state index in [1.165, 1.54) is 0 Å². The van der Waals surface area contributed by atoms with E-state index in [0.29, 0.717) is 37.0 Å². The summed E-state index contributed by atoms with van der Waals surface area (Å²) in [4.78, 5) is 15.1. The smallest absolute Gasteiger partial charge is 0.255 e. The number of morpholine rings is 1. The molecule has 0 saturated carbocycles. The number of carbonyl (C=O) groups is 1. The molecule has 0 aliphatic carbocycles. The van der Waals surface area contributed by atoms with Gasteiger partial charge in [-0.3, -0.25) is 9.69 Å². The van der Waals surface area contributed by atoms with E-state index in [9.17, 15) is 4.79 Å². The molecule has 2 fully saturated rings. The van der Waals surface area contributed by atoms with Gasteiger partial charge in [0.2, 0.25) is 0 Å². The van der Waals surface area contributed by atoms with Crippen LogP contribution in [0.3, 0.4) is 0 Å². The third-order valence-electron chi connectivity index (χ3n) is 4.92. The lowest BCUT2D eigenvalue weighted by molar-refractivity contribution is -0.0295. The van der Waals surface area contributed by atoms with E-state index in [4.69, 9.17) is 14.2 Å². The van der Waals surface area contributed by atoms with Crippen LogP contribution in [0.4, 0.5) is 0 Å². The molecule has 2 aliphatic rings. The number of benzene rings is 1. The third-order valence-corrected chi connectivity index (χ3v) is 4.92. The topological polar surface area (TPSA) is 60.0 Å². The molecule has 2 saturated heterocycles. The Morgan fingerprint density at radius 1 is 1.26 bits per heavy atom. The molecule has 3 rings (SSSR count). The monoisotopic (exact) mass is 376 g/mol. The highest BCUT2D eigenvalue weighted by Crippen LogP contribution is 2.20. The molecule has 2 unspecified atom stereocenters. The van der Waals surface area contributed by atoms with Gasteiger partial charge in [0.1, 0.15) is 12.4 Å². The lowest BCUT2D eigenvalue weighted by Gasteiger charge is -2.34. The second-order valence-corrected chi connectivity index (χ2v) is 7.80. The summed E-state index contributed by atoms with van der Waals surface area (Å²) in [5.41, 5.74) is 0.561. The normalized spacial score (nSPS) is 23.5. The zero-order valence-electron chi connectivity index (χ0n) is 16.5. The van der Waals surface area contributed by atoms with E-state index < -0.39 is 0 Å². The summed E-state index contributed by atoms with van der Waals surface area (Å²) in [6, 6.07) is 7.38. The second-order valence-electron chi connectivity index (χ2n) is 7.80. The number of ether oxygens (including phenoxy) is 3. The predicted octanol–water partition coefficient (Wildman–Crippen LogP) is 2.33. The first-order valence-electron chi connectivity index (χ1n) is 10.1. The number of hydrogen-bond acceptors (Lipinski definition) is 5. The molecule has 2 heterocycles. The van der Waals surface area contributed by atoms with E-state index in [0.717, 1.165) is 39.1 Å². The van der Waals surface area contributed by atoms with Crippen molar-refractivity contribution in [2.45, 2.75) is 38.9 Å². The Balaban J connectivity index is 1.50. The fourth-order valence-corrected chi connectivity index (χ4v) is 3.63. The van der Waals surface area contributed by atoms with Crippen LogP contribution in [0.2, 0.25) is 0 Å². The minimum absolute atomic E-state index is 0.0291. The molecule has 0 bridgehead atoms. The molecule has 1 N–H and O–H groups in total. The molecule has 0 aromatic heterocycles. The van der Waals surface area contributed by atoms with Crippen molar-refractivity contribution >= 4 is 5.91 Å². The molecular formula is C21H32N2O4. The quantitative estimate of drug-likeness (QED) is 0.755. The van der Waals surface area contributed by atoms with Crippen LogP contribution in [0.25, 0.3) is 0 Å². The molecule has 1 aromatic rings. The molecule has 2 aliphatic heterocycles. The van der Waals surface area contributed by atoms with Gasteiger partial charge in [0, 0.05) is 32.8 Å². The largest absolute Gasteiger partial charge is 0.490 e. The molecule has 1 aromatic carbocycles. The minimum atomic E-state index is -0.123. The van der Waals surface area contributed by atoms with Crippen molar-refractivity contribution in [3.8, 4) is 5.75 Å². The summed E-state index contributed by atoms with van der Waals surface area (Å²) in [6.45, 7) is 9.83. The fourth-order valence-electron chi connectivity index (χ4n) is 3.63. The fraction of sp³-hybridized carbons (Fsp3) is 0.667. The highest BCUT2D eigenvalue weighted by atomic mass is 16.5. The maximum absolute atomic E-state index is 12.7. The summed E-state index contributed by atoms with van der Waals surface area (Å²) in [6.07, 6.45) is 2.25. The molecular weight excluding hydrogens is 344 g/mol. The van der Waals surface area contributed by atoms with Crippen LogP contribution in [-0.2, 0) is 9.47 Å². The molecule has 0 radical (unpaired) electrons. The summed E-state index contributed by atoms with van der Waals surface area (Å²) >= 11 is 0. The summed E-state index contributed by atoms with van der Waals surface area (Å²) in [7, 11) is 0. The van der Waals surface area contributed by atoms with Crippen LogP contribution in [0.1, 0.15) is 37.0 Å². The highest BCUT2D eigenvalue weighted by Gasteiger charge is 2.23. The Morgan fingerprint density at radius 2 is 2.07 bits per heavy atom. The third kappa shape index (κ3) is 6.19. The van der Waals surface area contributed by atoms with Gasteiger partial charge in [-0.2, -0.15) is 0 Å². The van der Waals surface area contributed by atoms with Crippen LogP contribution in [0.5, 0.6) is 5.75 Å². The maximum atomic E-state index is 12.7. The average Bonchev–Trinajstić information content (AvgIpc) is 3.18. The van der Waals surface area contributed by atoms with Gasteiger partial charge >= 0.3 is 0 Å². The van der Waals surface area contributed by atoms with Gasteiger partial charge in [-0.25, -0.2) is 0 Å². The van der Waals surface area contributed by atoms with Crippen molar-refractivity contribution in [3.63, 3.8) is 0 Å². The number of rotatable bonds is 8. The van der Waals surface area contributed by atoms with Gasteiger partial charge < -0.3 is 19.5 Å². The van der Waals surface area contributed by atoms with Crippen molar-refractivity contribution in [1.82, 2.24) is 10.2 Å². The van der Waals surface area contributed by atoms with Crippen molar-refractivity contribution in [1.29, 1.82) is 0 Å². The van der Waals surface area contributed by atoms with Gasteiger partial charge in [-0.05, 0) is 30.9 Å². The lowest BCUT2D eigenvalue weighted by Crippen LogP contribution is -2.48. The van der Waals surface area contributed by atoms with Crippen molar-refractivity contribution < 1.29 is 19.0 Å². The zero-order chi connectivity index (χ0) is 19.1. The number of para-hydroxylation sites is 1. The second kappa shape index (κ2) is 10.1. The average molecular weight is 376 g/mol.